The lowest BCUT2D eigenvalue weighted by atomic mass is 10.3. The highest BCUT2D eigenvalue weighted by molar-refractivity contribution is 4.90. The van der Waals surface area contributed by atoms with Crippen molar-refractivity contribution in [1.82, 2.24) is 0 Å². The molecule has 0 amide bonds. The molecular weight excluding hydrogens is 144 g/mol. The zero-order valence-electron chi connectivity index (χ0n) is 6.69. The van der Waals surface area contributed by atoms with Crippen LogP contribution in [0.25, 0.3) is 0 Å². The van der Waals surface area contributed by atoms with Crippen molar-refractivity contribution in [1.29, 1.82) is 0 Å². The number of hydrogen-bond acceptors (Lipinski definition) is 3. The van der Waals surface area contributed by atoms with Crippen LogP contribution in [-0.2, 0) is 9.47 Å². The van der Waals surface area contributed by atoms with Crippen LogP contribution >= 0.6 is 0 Å². The molecular formula is C8H14O3. The van der Waals surface area contributed by atoms with Crippen LogP contribution in [0.15, 0.2) is 12.3 Å². The van der Waals surface area contributed by atoms with Gasteiger partial charge in [0.15, 0.2) is 0 Å². The van der Waals surface area contributed by atoms with Crippen molar-refractivity contribution in [3.05, 3.63) is 12.3 Å². The smallest absolute Gasteiger partial charge is 0.117 e. The Bertz CT molecular complexity index is 133. The Hall–Kier alpha value is -0.540. The molecule has 0 saturated carbocycles. The third-order valence-corrected chi connectivity index (χ3v) is 1.62. The van der Waals surface area contributed by atoms with Gasteiger partial charge in [-0.3, -0.25) is 0 Å². The first-order valence-corrected chi connectivity index (χ1v) is 3.91. The van der Waals surface area contributed by atoms with Gasteiger partial charge in [0.25, 0.3) is 0 Å². The van der Waals surface area contributed by atoms with Crippen LogP contribution < -0.4 is 0 Å². The third-order valence-electron chi connectivity index (χ3n) is 1.62. The molecule has 1 aliphatic rings. The van der Waals surface area contributed by atoms with Gasteiger partial charge in [0.05, 0.1) is 19.0 Å². The third kappa shape index (κ3) is 2.91. The van der Waals surface area contributed by atoms with E-state index in [4.69, 9.17) is 14.6 Å². The standard InChI is InChI=1S/C8H14O3/c1-2-7(9)5-11-8-3-4-10-6-8/h3-4,7-9H,2,5-6H2,1H3. The highest BCUT2D eigenvalue weighted by Gasteiger charge is 2.11. The lowest BCUT2D eigenvalue weighted by molar-refractivity contribution is -0.00379. The van der Waals surface area contributed by atoms with Crippen LogP contribution in [0.2, 0.25) is 0 Å². The molecule has 11 heavy (non-hydrogen) atoms. The SMILES string of the molecule is CCC(O)COC1C=COC1. The van der Waals surface area contributed by atoms with Gasteiger partial charge < -0.3 is 14.6 Å². The van der Waals surface area contributed by atoms with E-state index in [-0.39, 0.29) is 12.2 Å². The number of rotatable bonds is 4. The van der Waals surface area contributed by atoms with Crippen molar-refractivity contribution in [3.8, 4) is 0 Å². The zero-order valence-corrected chi connectivity index (χ0v) is 6.69. The Morgan fingerprint density at radius 3 is 3.18 bits per heavy atom. The molecule has 0 aromatic carbocycles. The van der Waals surface area contributed by atoms with Gasteiger partial charge in [-0.15, -0.1) is 0 Å². The van der Waals surface area contributed by atoms with Crippen molar-refractivity contribution in [3.63, 3.8) is 0 Å². The van der Waals surface area contributed by atoms with Gasteiger partial charge in [-0.05, 0) is 12.5 Å². The molecule has 0 aromatic heterocycles. The molecule has 0 fully saturated rings. The lowest BCUT2D eigenvalue weighted by Crippen LogP contribution is -2.20. The fourth-order valence-corrected chi connectivity index (χ4v) is 0.805. The maximum absolute atomic E-state index is 9.13. The number of hydrogen-bond donors (Lipinski definition) is 1. The van der Waals surface area contributed by atoms with Crippen molar-refractivity contribution in [2.45, 2.75) is 25.6 Å². The largest absolute Gasteiger partial charge is 0.498 e. The highest BCUT2D eigenvalue weighted by Crippen LogP contribution is 2.05. The molecule has 0 aliphatic carbocycles. The fraction of sp³-hybridized carbons (Fsp3) is 0.750. The van der Waals surface area contributed by atoms with Crippen molar-refractivity contribution in [2.75, 3.05) is 13.2 Å². The first kappa shape index (κ1) is 8.56. The van der Waals surface area contributed by atoms with Crippen LogP contribution in [-0.4, -0.2) is 30.5 Å². The number of aliphatic hydroxyl groups excluding tert-OH is 1. The summed E-state index contributed by atoms with van der Waals surface area (Å²) < 4.78 is 10.2. The quantitative estimate of drug-likeness (QED) is 0.654. The van der Waals surface area contributed by atoms with Crippen LogP contribution in [0.3, 0.4) is 0 Å². The summed E-state index contributed by atoms with van der Waals surface area (Å²) in [5.41, 5.74) is 0. The molecule has 1 rings (SSSR count). The summed E-state index contributed by atoms with van der Waals surface area (Å²) in [6.45, 7) is 2.90. The fourth-order valence-electron chi connectivity index (χ4n) is 0.805. The van der Waals surface area contributed by atoms with E-state index in [9.17, 15) is 0 Å². The molecule has 0 aromatic rings. The van der Waals surface area contributed by atoms with Crippen molar-refractivity contribution >= 4 is 0 Å². The first-order valence-electron chi connectivity index (χ1n) is 3.91. The van der Waals surface area contributed by atoms with Crippen LogP contribution in [0.1, 0.15) is 13.3 Å². The predicted molar refractivity (Wildman–Crippen MR) is 41.1 cm³/mol. The van der Waals surface area contributed by atoms with Crippen LogP contribution in [0.5, 0.6) is 0 Å². The lowest BCUT2D eigenvalue weighted by Gasteiger charge is -2.11. The monoisotopic (exact) mass is 158 g/mol. The van der Waals surface area contributed by atoms with E-state index in [2.05, 4.69) is 0 Å². The summed E-state index contributed by atoms with van der Waals surface area (Å²) in [7, 11) is 0. The average Bonchev–Trinajstić information content (AvgIpc) is 2.52. The molecule has 3 heteroatoms. The van der Waals surface area contributed by atoms with Gasteiger partial charge in [-0.1, -0.05) is 6.92 Å². The van der Waals surface area contributed by atoms with Crippen LogP contribution in [0, 0.1) is 0 Å². The Labute approximate surface area is 66.6 Å². The second kappa shape index (κ2) is 4.36. The van der Waals surface area contributed by atoms with E-state index in [1.807, 2.05) is 13.0 Å². The second-order valence-corrected chi connectivity index (χ2v) is 2.60. The summed E-state index contributed by atoms with van der Waals surface area (Å²) in [5, 5.41) is 9.13. The molecule has 64 valence electrons. The maximum Gasteiger partial charge on any atom is 0.117 e. The van der Waals surface area contributed by atoms with Crippen molar-refractivity contribution < 1.29 is 14.6 Å². The first-order chi connectivity index (χ1) is 5.33. The van der Waals surface area contributed by atoms with Gasteiger partial charge in [0, 0.05) is 0 Å². The van der Waals surface area contributed by atoms with E-state index in [1.54, 1.807) is 6.26 Å². The van der Waals surface area contributed by atoms with E-state index < -0.39 is 0 Å². The van der Waals surface area contributed by atoms with E-state index in [0.29, 0.717) is 13.2 Å². The molecule has 2 atom stereocenters. The summed E-state index contributed by atoms with van der Waals surface area (Å²) in [6.07, 6.45) is 3.91. The Morgan fingerprint density at radius 1 is 1.82 bits per heavy atom. The minimum Gasteiger partial charge on any atom is -0.498 e. The van der Waals surface area contributed by atoms with E-state index >= 15 is 0 Å². The normalized spacial score (nSPS) is 25.1. The van der Waals surface area contributed by atoms with Gasteiger partial charge in [0.1, 0.15) is 12.7 Å². The summed E-state index contributed by atoms with van der Waals surface area (Å²) in [5.74, 6) is 0. The highest BCUT2D eigenvalue weighted by atomic mass is 16.5. The van der Waals surface area contributed by atoms with E-state index in [1.165, 1.54) is 0 Å². The molecule has 0 bridgehead atoms. The summed E-state index contributed by atoms with van der Waals surface area (Å²) >= 11 is 0. The molecule has 1 aliphatic heterocycles. The van der Waals surface area contributed by atoms with E-state index in [0.717, 1.165) is 6.42 Å². The van der Waals surface area contributed by atoms with Gasteiger partial charge in [-0.25, -0.2) is 0 Å². The molecule has 2 unspecified atom stereocenters. The maximum atomic E-state index is 9.13. The summed E-state index contributed by atoms with van der Waals surface area (Å²) in [4.78, 5) is 0. The number of ether oxygens (including phenoxy) is 2. The Morgan fingerprint density at radius 2 is 2.64 bits per heavy atom. The minimum atomic E-state index is -0.344. The minimum absolute atomic E-state index is 0.0381. The zero-order chi connectivity index (χ0) is 8.10. The molecule has 0 saturated heterocycles. The molecule has 0 spiro atoms. The van der Waals surface area contributed by atoms with Crippen molar-refractivity contribution in [2.24, 2.45) is 0 Å². The molecule has 1 N–H and O–H groups in total. The van der Waals surface area contributed by atoms with Gasteiger partial charge in [-0.2, -0.15) is 0 Å². The predicted octanol–water partition coefficient (Wildman–Crippen LogP) is 0.686. The van der Waals surface area contributed by atoms with Crippen LogP contribution in [0.4, 0.5) is 0 Å². The average molecular weight is 158 g/mol. The summed E-state index contributed by atoms with van der Waals surface area (Å²) in [6, 6.07) is 0. The number of aliphatic hydroxyl groups is 1. The molecule has 0 radical (unpaired) electrons. The topological polar surface area (TPSA) is 38.7 Å². The Balaban J connectivity index is 2.06. The molecule has 3 nitrogen and oxygen atoms in total. The van der Waals surface area contributed by atoms with Gasteiger partial charge in [0.2, 0.25) is 0 Å². The Kier molecular flexibility index (Phi) is 3.39. The van der Waals surface area contributed by atoms with Gasteiger partial charge >= 0.3 is 0 Å². The second-order valence-electron chi connectivity index (χ2n) is 2.60. The molecule has 1 heterocycles.